The Kier molecular flexibility index (Phi) is 6.61. The number of aromatic nitrogens is 3. The van der Waals surface area contributed by atoms with E-state index in [0.717, 1.165) is 24.2 Å². The number of morpholine rings is 1. The summed E-state index contributed by atoms with van der Waals surface area (Å²) in [6.07, 6.45) is 0. The van der Waals surface area contributed by atoms with Crippen LogP contribution in [0, 0.1) is 0 Å². The van der Waals surface area contributed by atoms with Crippen LogP contribution < -0.4 is 9.80 Å². The SMILES string of the molecule is O=C(CCl)N1CCN(c2nc(-c3cccc(CO)c3)nc(N3CCOCC3)n2)CC1. The average Bonchev–Trinajstić information content (AvgIpc) is 2.84. The summed E-state index contributed by atoms with van der Waals surface area (Å²) in [6.45, 7) is 5.09. The van der Waals surface area contributed by atoms with Crippen molar-refractivity contribution in [2.75, 3.05) is 68.2 Å². The van der Waals surface area contributed by atoms with Gasteiger partial charge in [0.25, 0.3) is 0 Å². The molecule has 0 radical (unpaired) electrons. The monoisotopic (exact) mass is 432 g/mol. The molecule has 2 saturated heterocycles. The minimum atomic E-state index is -0.0533. The fourth-order valence-corrected chi connectivity index (χ4v) is 3.75. The van der Waals surface area contributed by atoms with Gasteiger partial charge in [-0.25, -0.2) is 0 Å². The molecular weight excluding hydrogens is 408 g/mol. The van der Waals surface area contributed by atoms with Crippen LogP contribution in [0.3, 0.4) is 0 Å². The van der Waals surface area contributed by atoms with Crippen LogP contribution in [-0.4, -0.2) is 89.2 Å². The Morgan fingerprint density at radius 3 is 2.30 bits per heavy atom. The highest BCUT2D eigenvalue weighted by Gasteiger charge is 2.24. The van der Waals surface area contributed by atoms with E-state index >= 15 is 0 Å². The molecule has 10 heteroatoms. The van der Waals surface area contributed by atoms with E-state index in [4.69, 9.17) is 31.3 Å². The number of alkyl halides is 1. The summed E-state index contributed by atoms with van der Waals surface area (Å²) in [6, 6.07) is 7.56. The smallest absolute Gasteiger partial charge is 0.237 e. The zero-order valence-electron chi connectivity index (χ0n) is 16.7. The molecule has 1 N–H and O–H groups in total. The van der Waals surface area contributed by atoms with E-state index in [1.807, 2.05) is 24.3 Å². The average molecular weight is 433 g/mol. The molecule has 2 aromatic rings. The number of anilines is 2. The second kappa shape index (κ2) is 9.55. The molecule has 0 spiro atoms. The van der Waals surface area contributed by atoms with Crippen molar-refractivity contribution in [1.29, 1.82) is 0 Å². The molecule has 2 aliphatic heterocycles. The van der Waals surface area contributed by atoms with E-state index in [-0.39, 0.29) is 18.4 Å². The Labute approximate surface area is 180 Å². The molecule has 30 heavy (non-hydrogen) atoms. The number of halogens is 1. The van der Waals surface area contributed by atoms with Crippen LogP contribution in [0.15, 0.2) is 24.3 Å². The standard InChI is InChI=1S/C20H25ClN6O3/c21-13-17(29)25-4-6-26(7-5-25)19-22-18(16-3-1-2-15(12-16)14-28)23-20(24-19)27-8-10-30-11-9-27/h1-3,12,28H,4-11,13-14H2. The van der Waals surface area contributed by atoms with Crippen LogP contribution in [0.25, 0.3) is 11.4 Å². The molecule has 1 aromatic heterocycles. The zero-order chi connectivity index (χ0) is 20.9. The van der Waals surface area contributed by atoms with Gasteiger partial charge in [-0.3, -0.25) is 4.79 Å². The molecule has 2 aliphatic rings. The Bertz CT molecular complexity index is 885. The van der Waals surface area contributed by atoms with E-state index in [0.29, 0.717) is 57.1 Å². The van der Waals surface area contributed by atoms with E-state index < -0.39 is 0 Å². The van der Waals surface area contributed by atoms with Crippen molar-refractivity contribution < 1.29 is 14.6 Å². The van der Waals surface area contributed by atoms with Gasteiger partial charge in [0.2, 0.25) is 17.8 Å². The molecule has 0 aliphatic carbocycles. The number of aliphatic hydroxyl groups is 1. The van der Waals surface area contributed by atoms with Gasteiger partial charge in [0.15, 0.2) is 5.82 Å². The molecule has 0 saturated carbocycles. The van der Waals surface area contributed by atoms with E-state index in [1.165, 1.54) is 0 Å². The lowest BCUT2D eigenvalue weighted by Gasteiger charge is -2.35. The van der Waals surface area contributed by atoms with Crippen molar-refractivity contribution in [3.8, 4) is 11.4 Å². The van der Waals surface area contributed by atoms with Crippen LogP contribution in [0.5, 0.6) is 0 Å². The summed E-state index contributed by atoms with van der Waals surface area (Å²) in [5, 5.41) is 9.49. The van der Waals surface area contributed by atoms with Crippen LogP contribution in [-0.2, 0) is 16.1 Å². The maximum Gasteiger partial charge on any atom is 0.237 e. The first-order chi connectivity index (χ1) is 14.7. The van der Waals surface area contributed by atoms with Crippen molar-refractivity contribution in [3.05, 3.63) is 29.8 Å². The van der Waals surface area contributed by atoms with E-state index in [9.17, 15) is 9.90 Å². The number of rotatable bonds is 5. The lowest BCUT2D eigenvalue weighted by atomic mass is 10.1. The van der Waals surface area contributed by atoms with Crippen LogP contribution >= 0.6 is 11.6 Å². The molecule has 1 aromatic carbocycles. The van der Waals surface area contributed by atoms with Gasteiger partial charge in [-0.05, 0) is 11.6 Å². The molecule has 4 rings (SSSR count). The summed E-state index contributed by atoms with van der Waals surface area (Å²) >= 11 is 5.69. The zero-order valence-corrected chi connectivity index (χ0v) is 17.5. The number of benzene rings is 1. The molecule has 3 heterocycles. The van der Waals surface area contributed by atoms with Gasteiger partial charge in [-0.15, -0.1) is 11.6 Å². The minimum absolute atomic E-state index is 0.00170. The maximum atomic E-state index is 11.9. The van der Waals surface area contributed by atoms with E-state index in [2.05, 4.69) is 9.80 Å². The first kappa shape index (κ1) is 20.8. The number of nitrogens with zero attached hydrogens (tertiary/aromatic N) is 6. The van der Waals surface area contributed by atoms with Crippen molar-refractivity contribution in [2.45, 2.75) is 6.61 Å². The quantitative estimate of drug-likeness (QED) is 0.692. The molecule has 0 atom stereocenters. The number of amides is 1. The van der Waals surface area contributed by atoms with Crippen molar-refractivity contribution in [3.63, 3.8) is 0 Å². The maximum absolute atomic E-state index is 11.9. The van der Waals surface area contributed by atoms with Gasteiger partial charge in [0.1, 0.15) is 5.88 Å². The second-order valence-electron chi connectivity index (χ2n) is 7.22. The predicted molar refractivity (Wildman–Crippen MR) is 114 cm³/mol. The second-order valence-corrected chi connectivity index (χ2v) is 7.49. The third-order valence-electron chi connectivity index (χ3n) is 5.30. The van der Waals surface area contributed by atoms with Crippen molar-refractivity contribution >= 4 is 29.4 Å². The van der Waals surface area contributed by atoms with Crippen molar-refractivity contribution in [2.24, 2.45) is 0 Å². The van der Waals surface area contributed by atoms with Gasteiger partial charge in [0, 0.05) is 44.8 Å². The van der Waals surface area contributed by atoms with Gasteiger partial charge in [-0.2, -0.15) is 15.0 Å². The third kappa shape index (κ3) is 4.63. The molecule has 160 valence electrons. The van der Waals surface area contributed by atoms with Gasteiger partial charge in [0.05, 0.1) is 19.8 Å². The van der Waals surface area contributed by atoms with Crippen molar-refractivity contribution in [1.82, 2.24) is 19.9 Å². The highest BCUT2D eigenvalue weighted by atomic mass is 35.5. The Morgan fingerprint density at radius 2 is 1.67 bits per heavy atom. The fraction of sp³-hybridized carbons (Fsp3) is 0.500. The summed E-state index contributed by atoms with van der Waals surface area (Å²) in [5.41, 5.74) is 1.63. The van der Waals surface area contributed by atoms with Gasteiger partial charge < -0.3 is 24.5 Å². The number of ether oxygens (including phenoxy) is 1. The summed E-state index contributed by atoms with van der Waals surface area (Å²) in [4.78, 5) is 32.0. The normalized spacial score (nSPS) is 17.3. The predicted octanol–water partition coefficient (Wildman–Crippen LogP) is 0.755. The van der Waals surface area contributed by atoms with Gasteiger partial charge in [-0.1, -0.05) is 18.2 Å². The first-order valence-corrected chi connectivity index (χ1v) is 10.6. The molecule has 9 nitrogen and oxygen atoms in total. The van der Waals surface area contributed by atoms with E-state index in [1.54, 1.807) is 4.90 Å². The van der Waals surface area contributed by atoms with Crippen LogP contribution in [0.1, 0.15) is 5.56 Å². The highest BCUT2D eigenvalue weighted by molar-refractivity contribution is 6.27. The number of carbonyl (C=O) groups is 1. The number of hydrogen-bond donors (Lipinski definition) is 1. The topological polar surface area (TPSA) is 94.9 Å². The fourth-order valence-electron chi connectivity index (χ4n) is 3.58. The molecule has 1 amide bonds. The largest absolute Gasteiger partial charge is 0.392 e. The van der Waals surface area contributed by atoms with Crippen LogP contribution in [0.4, 0.5) is 11.9 Å². The summed E-state index contributed by atoms with van der Waals surface area (Å²) in [7, 11) is 0. The lowest BCUT2D eigenvalue weighted by Crippen LogP contribution is -2.49. The summed E-state index contributed by atoms with van der Waals surface area (Å²) < 4.78 is 5.46. The number of piperazine rings is 1. The Hall–Kier alpha value is -2.49. The molecular formula is C20H25ClN6O3. The molecule has 0 unspecified atom stereocenters. The summed E-state index contributed by atoms with van der Waals surface area (Å²) in [5.74, 6) is 1.72. The number of aliphatic hydroxyl groups excluding tert-OH is 1. The third-order valence-corrected chi connectivity index (χ3v) is 5.53. The minimum Gasteiger partial charge on any atom is -0.392 e. The van der Waals surface area contributed by atoms with Gasteiger partial charge >= 0.3 is 0 Å². The number of carbonyl (C=O) groups excluding carboxylic acids is 1. The Morgan fingerprint density at radius 1 is 1.00 bits per heavy atom. The molecule has 2 fully saturated rings. The number of hydrogen-bond acceptors (Lipinski definition) is 8. The highest BCUT2D eigenvalue weighted by Crippen LogP contribution is 2.23. The Balaban J connectivity index is 1.64. The first-order valence-electron chi connectivity index (χ1n) is 10.1. The molecule has 0 bridgehead atoms. The lowest BCUT2D eigenvalue weighted by molar-refractivity contribution is -0.128. The van der Waals surface area contributed by atoms with Crippen LogP contribution in [0.2, 0.25) is 0 Å².